The van der Waals surface area contributed by atoms with E-state index in [1.165, 1.54) is 0 Å². The summed E-state index contributed by atoms with van der Waals surface area (Å²) in [5.41, 5.74) is 6.50. The smallest absolute Gasteiger partial charge is 0.134 e. The highest BCUT2D eigenvalue weighted by molar-refractivity contribution is 5.79. The van der Waals surface area contributed by atoms with E-state index in [4.69, 9.17) is 5.73 Å². The molecule has 2 N–H and O–H groups in total. The maximum atomic E-state index is 10.8. The van der Waals surface area contributed by atoms with Crippen LogP contribution in [0.5, 0.6) is 0 Å². The topological polar surface area (TPSA) is 43.1 Å². The molecule has 0 spiro atoms. The monoisotopic (exact) mass is 141 g/mol. The van der Waals surface area contributed by atoms with Crippen molar-refractivity contribution in [3.05, 3.63) is 12.2 Å². The Balaban J connectivity index is 4.07. The summed E-state index contributed by atoms with van der Waals surface area (Å²) in [4.78, 5) is 10.8. The summed E-state index contributed by atoms with van der Waals surface area (Å²) in [5, 5.41) is 0. The minimum absolute atomic E-state index is 0.0995. The zero-order valence-corrected chi connectivity index (χ0v) is 6.85. The Bertz CT molecular complexity index is 133. The fraction of sp³-hybridized carbons (Fsp3) is 0.625. The molecule has 0 heterocycles. The Morgan fingerprint density at radius 3 is 2.00 bits per heavy atom. The van der Waals surface area contributed by atoms with E-state index < -0.39 is 0 Å². The third-order valence-electron chi connectivity index (χ3n) is 1.75. The average Bonchev–Trinajstić information content (AvgIpc) is 1.84. The highest BCUT2D eigenvalue weighted by atomic mass is 16.1. The van der Waals surface area contributed by atoms with Gasteiger partial charge in [0.15, 0.2) is 0 Å². The van der Waals surface area contributed by atoms with Crippen LogP contribution in [-0.2, 0) is 4.79 Å². The molecule has 2 heteroatoms. The highest BCUT2D eigenvalue weighted by Gasteiger charge is 2.16. The van der Waals surface area contributed by atoms with Crippen molar-refractivity contribution in [3.8, 4) is 0 Å². The predicted molar refractivity (Wildman–Crippen MR) is 42.6 cm³/mol. The molecule has 58 valence electrons. The molecule has 2 nitrogen and oxygen atoms in total. The lowest BCUT2D eigenvalue weighted by Crippen LogP contribution is -2.33. The Morgan fingerprint density at radius 1 is 1.50 bits per heavy atom. The van der Waals surface area contributed by atoms with Crippen LogP contribution in [0.2, 0.25) is 0 Å². The van der Waals surface area contributed by atoms with E-state index in [-0.39, 0.29) is 17.7 Å². The fourth-order valence-corrected chi connectivity index (χ4v) is 0.680. The first-order valence-corrected chi connectivity index (χ1v) is 3.38. The van der Waals surface area contributed by atoms with Crippen LogP contribution in [-0.4, -0.2) is 11.8 Å². The molecule has 0 aromatic carbocycles. The Morgan fingerprint density at radius 2 is 1.90 bits per heavy atom. The number of carbonyl (C=O) groups excluding carboxylic acids is 1. The van der Waals surface area contributed by atoms with Crippen molar-refractivity contribution in [3.63, 3.8) is 0 Å². The van der Waals surface area contributed by atoms with Gasteiger partial charge in [0.1, 0.15) is 5.78 Å². The summed E-state index contributed by atoms with van der Waals surface area (Å²) in [6, 6.07) is -0.183. The van der Waals surface area contributed by atoms with Gasteiger partial charge in [-0.25, -0.2) is 0 Å². The maximum absolute atomic E-state index is 10.8. The second-order valence-electron chi connectivity index (χ2n) is 2.77. The molecule has 2 atom stereocenters. The van der Waals surface area contributed by atoms with E-state index in [1.807, 2.05) is 13.8 Å². The predicted octanol–water partition coefficient (Wildman–Crippen LogP) is 1.11. The van der Waals surface area contributed by atoms with Gasteiger partial charge in [0.25, 0.3) is 0 Å². The number of hydrogen-bond donors (Lipinski definition) is 1. The van der Waals surface area contributed by atoms with Gasteiger partial charge < -0.3 is 5.73 Å². The van der Waals surface area contributed by atoms with Crippen LogP contribution < -0.4 is 5.73 Å². The number of hydrogen-bond acceptors (Lipinski definition) is 2. The molecule has 0 aromatic rings. The second-order valence-corrected chi connectivity index (χ2v) is 2.77. The van der Waals surface area contributed by atoms with E-state index in [0.717, 1.165) is 5.57 Å². The number of nitrogens with two attached hydrogens (primary N) is 1. The van der Waals surface area contributed by atoms with Crippen LogP contribution >= 0.6 is 0 Å². The van der Waals surface area contributed by atoms with E-state index >= 15 is 0 Å². The summed E-state index contributed by atoms with van der Waals surface area (Å²) >= 11 is 0. The number of rotatable bonds is 3. The van der Waals surface area contributed by atoms with Crippen LogP contribution in [0.3, 0.4) is 0 Å². The van der Waals surface area contributed by atoms with Crippen LogP contribution in [0.4, 0.5) is 0 Å². The molecular weight excluding hydrogens is 126 g/mol. The molecule has 0 fully saturated rings. The van der Waals surface area contributed by atoms with Crippen molar-refractivity contribution in [1.82, 2.24) is 0 Å². The van der Waals surface area contributed by atoms with Crippen LogP contribution in [0, 0.1) is 5.92 Å². The van der Waals surface area contributed by atoms with Crippen molar-refractivity contribution in [2.75, 3.05) is 0 Å². The summed E-state index contributed by atoms with van der Waals surface area (Å²) in [6.45, 7) is 8.89. The van der Waals surface area contributed by atoms with Gasteiger partial charge >= 0.3 is 0 Å². The number of Topliss-reactive ketones (excluding diaryl/α,β-unsaturated/α-hetero) is 1. The highest BCUT2D eigenvalue weighted by Crippen LogP contribution is 2.08. The summed E-state index contributed by atoms with van der Waals surface area (Å²) in [6.07, 6.45) is 0. The molecule has 0 saturated carbocycles. The summed E-state index contributed by atoms with van der Waals surface area (Å²) in [5.74, 6) is 0.0213. The van der Waals surface area contributed by atoms with Crippen molar-refractivity contribution < 1.29 is 4.79 Å². The molecule has 0 aromatic heterocycles. The third-order valence-corrected chi connectivity index (χ3v) is 1.75. The fourth-order valence-electron chi connectivity index (χ4n) is 0.680. The average molecular weight is 141 g/mol. The minimum atomic E-state index is -0.183. The molecular formula is C8H15NO. The third kappa shape index (κ3) is 2.31. The number of ketones is 1. The van der Waals surface area contributed by atoms with Gasteiger partial charge in [0.2, 0.25) is 0 Å². The van der Waals surface area contributed by atoms with Crippen LogP contribution in [0.25, 0.3) is 0 Å². The lowest BCUT2D eigenvalue weighted by atomic mass is 9.94. The normalized spacial score (nSPS) is 16.0. The zero-order chi connectivity index (χ0) is 8.31. The molecule has 0 saturated heterocycles. The summed E-state index contributed by atoms with van der Waals surface area (Å²) < 4.78 is 0. The molecule has 0 rings (SSSR count). The van der Waals surface area contributed by atoms with E-state index in [2.05, 4.69) is 6.58 Å². The molecule has 0 amide bonds. The first-order valence-electron chi connectivity index (χ1n) is 3.38. The Hall–Kier alpha value is -0.630. The van der Waals surface area contributed by atoms with E-state index in [0.29, 0.717) is 0 Å². The van der Waals surface area contributed by atoms with Crippen LogP contribution in [0.1, 0.15) is 20.8 Å². The zero-order valence-electron chi connectivity index (χ0n) is 6.85. The van der Waals surface area contributed by atoms with Gasteiger partial charge in [-0.15, -0.1) is 0 Å². The molecule has 0 aliphatic heterocycles. The van der Waals surface area contributed by atoms with Crippen LogP contribution in [0.15, 0.2) is 12.2 Å². The molecule has 0 aliphatic carbocycles. The van der Waals surface area contributed by atoms with Crippen molar-refractivity contribution >= 4 is 5.78 Å². The first-order chi connectivity index (χ1) is 4.46. The van der Waals surface area contributed by atoms with Crippen molar-refractivity contribution in [1.29, 1.82) is 0 Å². The first kappa shape index (κ1) is 9.37. The maximum Gasteiger partial charge on any atom is 0.134 e. The Kier molecular flexibility index (Phi) is 3.30. The lowest BCUT2D eigenvalue weighted by molar-refractivity contribution is -0.120. The van der Waals surface area contributed by atoms with Gasteiger partial charge in [0.05, 0.1) is 0 Å². The Labute approximate surface area is 62.1 Å². The molecule has 0 bridgehead atoms. The van der Waals surface area contributed by atoms with E-state index in [1.54, 1.807) is 6.92 Å². The van der Waals surface area contributed by atoms with E-state index in [9.17, 15) is 4.79 Å². The van der Waals surface area contributed by atoms with Gasteiger partial charge in [-0.3, -0.25) is 4.79 Å². The minimum Gasteiger partial charge on any atom is -0.324 e. The second kappa shape index (κ2) is 3.52. The van der Waals surface area contributed by atoms with Crippen molar-refractivity contribution in [2.45, 2.75) is 26.8 Å². The molecule has 0 radical (unpaired) electrons. The number of carbonyl (C=O) groups is 1. The van der Waals surface area contributed by atoms with Gasteiger partial charge in [-0.2, -0.15) is 0 Å². The SMILES string of the molecule is C=C(C)C(N)C(C)C(C)=O. The largest absolute Gasteiger partial charge is 0.324 e. The molecule has 0 aliphatic rings. The van der Waals surface area contributed by atoms with Gasteiger partial charge in [-0.05, 0) is 13.8 Å². The lowest BCUT2D eigenvalue weighted by Gasteiger charge is -2.16. The summed E-state index contributed by atoms with van der Waals surface area (Å²) in [7, 11) is 0. The standard InChI is InChI=1S/C8H15NO/c1-5(2)8(9)6(3)7(4)10/h6,8H,1,9H2,2-4H3. The molecule has 10 heavy (non-hydrogen) atoms. The van der Waals surface area contributed by atoms with Crippen molar-refractivity contribution in [2.24, 2.45) is 11.7 Å². The quantitative estimate of drug-likeness (QED) is 0.598. The molecule has 2 unspecified atom stereocenters. The van der Waals surface area contributed by atoms with Gasteiger partial charge in [-0.1, -0.05) is 19.1 Å². The van der Waals surface area contributed by atoms with Gasteiger partial charge in [0, 0.05) is 12.0 Å².